The second-order valence-electron chi connectivity index (χ2n) is 3.94. The molecule has 96 valence electrons. The van der Waals surface area contributed by atoms with Crippen LogP contribution in [0, 0.1) is 5.82 Å². The van der Waals surface area contributed by atoms with Crippen molar-refractivity contribution in [3.63, 3.8) is 0 Å². The largest absolute Gasteiger partial charge is 0.494 e. The van der Waals surface area contributed by atoms with Gasteiger partial charge in [-0.05, 0) is 49.6 Å². The average molecular weight is 257 g/mol. The third-order valence-electron chi connectivity index (χ3n) is 2.78. The second-order valence-corrected chi connectivity index (χ2v) is 4.93. The molecule has 1 atom stereocenters. The van der Waals surface area contributed by atoms with Crippen LogP contribution in [0.1, 0.15) is 12.0 Å². The molecule has 1 unspecified atom stereocenters. The van der Waals surface area contributed by atoms with Crippen LogP contribution in [0.25, 0.3) is 0 Å². The summed E-state index contributed by atoms with van der Waals surface area (Å²) in [5.74, 6) is 1.13. The SMILES string of the molecule is CNC(CCSC)Cc1ccc(OC)c(F)c1. The lowest BCUT2D eigenvalue weighted by atomic mass is 10.0. The molecule has 4 heteroatoms. The highest BCUT2D eigenvalue weighted by Crippen LogP contribution is 2.19. The van der Waals surface area contributed by atoms with Crippen molar-refractivity contribution in [3.8, 4) is 5.75 Å². The van der Waals surface area contributed by atoms with Crippen LogP contribution in [0.4, 0.5) is 4.39 Å². The van der Waals surface area contributed by atoms with Gasteiger partial charge in [-0.3, -0.25) is 0 Å². The minimum Gasteiger partial charge on any atom is -0.494 e. The van der Waals surface area contributed by atoms with Crippen molar-refractivity contribution in [1.29, 1.82) is 0 Å². The predicted molar refractivity (Wildman–Crippen MR) is 72.5 cm³/mol. The molecule has 0 spiro atoms. The maximum absolute atomic E-state index is 13.5. The van der Waals surface area contributed by atoms with E-state index in [1.165, 1.54) is 7.11 Å². The van der Waals surface area contributed by atoms with Gasteiger partial charge in [0.1, 0.15) is 0 Å². The van der Waals surface area contributed by atoms with Gasteiger partial charge in [-0.1, -0.05) is 6.07 Å². The monoisotopic (exact) mass is 257 g/mol. The molecule has 0 saturated carbocycles. The molecule has 0 aromatic heterocycles. The second kappa shape index (κ2) is 7.56. The van der Waals surface area contributed by atoms with Gasteiger partial charge in [-0.2, -0.15) is 11.8 Å². The van der Waals surface area contributed by atoms with Gasteiger partial charge >= 0.3 is 0 Å². The van der Waals surface area contributed by atoms with Crippen molar-refractivity contribution < 1.29 is 9.13 Å². The highest BCUT2D eigenvalue weighted by atomic mass is 32.2. The van der Waals surface area contributed by atoms with Crippen LogP contribution in [-0.2, 0) is 6.42 Å². The summed E-state index contributed by atoms with van der Waals surface area (Å²) < 4.78 is 18.4. The first kappa shape index (κ1) is 14.3. The Morgan fingerprint density at radius 1 is 1.47 bits per heavy atom. The van der Waals surface area contributed by atoms with Gasteiger partial charge in [0, 0.05) is 6.04 Å². The van der Waals surface area contributed by atoms with E-state index in [2.05, 4.69) is 11.6 Å². The number of hydrogen-bond donors (Lipinski definition) is 1. The molecule has 1 aromatic rings. The quantitative estimate of drug-likeness (QED) is 0.811. The molecule has 0 radical (unpaired) electrons. The molecular weight excluding hydrogens is 237 g/mol. The molecule has 1 aromatic carbocycles. The molecule has 0 aliphatic heterocycles. The Balaban J connectivity index is 2.63. The molecular formula is C13H20FNOS. The number of rotatable bonds is 7. The Kier molecular flexibility index (Phi) is 6.37. The van der Waals surface area contributed by atoms with Gasteiger partial charge in [0.2, 0.25) is 0 Å². The Morgan fingerprint density at radius 2 is 2.24 bits per heavy atom. The van der Waals surface area contributed by atoms with E-state index in [1.54, 1.807) is 12.1 Å². The van der Waals surface area contributed by atoms with E-state index < -0.39 is 0 Å². The maximum Gasteiger partial charge on any atom is 0.165 e. The summed E-state index contributed by atoms with van der Waals surface area (Å²) in [5, 5.41) is 3.27. The molecule has 1 rings (SSSR count). The van der Waals surface area contributed by atoms with Crippen LogP contribution in [0.2, 0.25) is 0 Å². The minimum atomic E-state index is -0.287. The standard InChI is InChI=1S/C13H20FNOS/c1-15-11(6-7-17-3)8-10-4-5-13(16-2)12(14)9-10/h4-5,9,11,15H,6-8H2,1-3H3. The number of benzene rings is 1. The topological polar surface area (TPSA) is 21.3 Å². The van der Waals surface area contributed by atoms with Crippen LogP contribution in [0.3, 0.4) is 0 Å². The number of halogens is 1. The summed E-state index contributed by atoms with van der Waals surface area (Å²) >= 11 is 1.83. The van der Waals surface area contributed by atoms with E-state index in [9.17, 15) is 4.39 Å². The zero-order chi connectivity index (χ0) is 12.7. The molecule has 0 saturated heterocycles. The first-order valence-electron chi connectivity index (χ1n) is 5.70. The number of hydrogen-bond acceptors (Lipinski definition) is 3. The van der Waals surface area contributed by atoms with E-state index in [0.29, 0.717) is 11.8 Å². The van der Waals surface area contributed by atoms with E-state index in [4.69, 9.17) is 4.74 Å². The lowest BCUT2D eigenvalue weighted by Gasteiger charge is -2.16. The van der Waals surface area contributed by atoms with Gasteiger partial charge in [0.15, 0.2) is 11.6 Å². The lowest BCUT2D eigenvalue weighted by molar-refractivity contribution is 0.386. The molecule has 0 amide bonds. The normalized spacial score (nSPS) is 12.5. The Morgan fingerprint density at radius 3 is 2.76 bits per heavy atom. The van der Waals surface area contributed by atoms with E-state index in [-0.39, 0.29) is 5.82 Å². The van der Waals surface area contributed by atoms with Gasteiger partial charge < -0.3 is 10.1 Å². The van der Waals surface area contributed by atoms with Gasteiger partial charge in [0.25, 0.3) is 0 Å². The smallest absolute Gasteiger partial charge is 0.165 e. The third-order valence-corrected chi connectivity index (χ3v) is 3.42. The van der Waals surface area contributed by atoms with E-state index in [0.717, 1.165) is 24.2 Å². The fourth-order valence-corrected chi connectivity index (χ4v) is 2.25. The van der Waals surface area contributed by atoms with E-state index >= 15 is 0 Å². The van der Waals surface area contributed by atoms with Crippen molar-refractivity contribution in [2.24, 2.45) is 0 Å². The summed E-state index contributed by atoms with van der Waals surface area (Å²) in [4.78, 5) is 0. The van der Waals surface area contributed by atoms with Crippen LogP contribution < -0.4 is 10.1 Å². The average Bonchev–Trinajstić information content (AvgIpc) is 2.34. The van der Waals surface area contributed by atoms with Crippen molar-refractivity contribution in [3.05, 3.63) is 29.6 Å². The molecule has 17 heavy (non-hydrogen) atoms. The van der Waals surface area contributed by atoms with Crippen LogP contribution in [-0.4, -0.2) is 32.2 Å². The summed E-state index contributed by atoms with van der Waals surface area (Å²) in [7, 11) is 3.43. The fourth-order valence-electron chi connectivity index (χ4n) is 1.73. The van der Waals surface area contributed by atoms with E-state index in [1.807, 2.05) is 24.9 Å². The first-order chi connectivity index (χ1) is 8.21. The number of ether oxygens (including phenoxy) is 1. The number of thioether (sulfide) groups is 1. The zero-order valence-corrected chi connectivity index (χ0v) is 11.4. The first-order valence-corrected chi connectivity index (χ1v) is 7.09. The van der Waals surface area contributed by atoms with Gasteiger partial charge in [0.05, 0.1) is 7.11 Å². The Labute approximate surface area is 107 Å². The molecule has 0 heterocycles. The zero-order valence-electron chi connectivity index (χ0n) is 10.6. The summed E-state index contributed by atoms with van der Waals surface area (Å²) in [6.45, 7) is 0. The summed E-state index contributed by atoms with van der Waals surface area (Å²) in [5.41, 5.74) is 1.00. The number of likely N-dealkylation sites (N-methyl/N-ethyl adjacent to an activating group) is 1. The van der Waals surface area contributed by atoms with Gasteiger partial charge in [-0.15, -0.1) is 0 Å². The van der Waals surface area contributed by atoms with Gasteiger partial charge in [-0.25, -0.2) is 4.39 Å². The molecule has 0 bridgehead atoms. The number of methoxy groups -OCH3 is 1. The molecule has 0 fully saturated rings. The maximum atomic E-state index is 13.5. The van der Waals surface area contributed by atoms with Crippen LogP contribution >= 0.6 is 11.8 Å². The minimum absolute atomic E-state index is 0.287. The highest BCUT2D eigenvalue weighted by Gasteiger charge is 2.09. The van der Waals surface area contributed by atoms with Crippen LogP contribution in [0.5, 0.6) is 5.75 Å². The van der Waals surface area contributed by atoms with Crippen molar-refractivity contribution in [1.82, 2.24) is 5.32 Å². The number of nitrogens with one attached hydrogen (secondary N) is 1. The Hall–Kier alpha value is -0.740. The molecule has 0 aliphatic rings. The van der Waals surface area contributed by atoms with Crippen LogP contribution in [0.15, 0.2) is 18.2 Å². The summed E-state index contributed by atoms with van der Waals surface area (Å²) in [6.07, 6.45) is 4.03. The third kappa shape index (κ3) is 4.56. The van der Waals surface area contributed by atoms with Crippen molar-refractivity contribution >= 4 is 11.8 Å². The molecule has 2 nitrogen and oxygen atoms in total. The fraction of sp³-hybridized carbons (Fsp3) is 0.538. The summed E-state index contributed by atoms with van der Waals surface area (Å²) in [6, 6.07) is 5.56. The molecule has 1 N–H and O–H groups in total. The lowest BCUT2D eigenvalue weighted by Crippen LogP contribution is -2.28. The van der Waals surface area contributed by atoms with Crippen molar-refractivity contribution in [2.45, 2.75) is 18.9 Å². The molecule has 0 aliphatic carbocycles. The van der Waals surface area contributed by atoms with Crippen molar-refractivity contribution in [2.75, 3.05) is 26.2 Å². The highest BCUT2D eigenvalue weighted by molar-refractivity contribution is 7.98. The predicted octanol–water partition coefficient (Wildman–Crippen LogP) is 2.72. The Bertz CT molecular complexity index is 346.